The maximum atomic E-state index is 12.6. The van der Waals surface area contributed by atoms with Crippen LogP contribution in [0.1, 0.15) is 13.8 Å². The van der Waals surface area contributed by atoms with E-state index in [4.69, 9.17) is 30.5 Å². The number of methoxy groups -OCH3 is 1. The molecule has 2 aliphatic rings. The van der Waals surface area contributed by atoms with E-state index in [9.17, 15) is 4.39 Å². The number of fused-ring (bicyclic) bond motifs is 1. The van der Waals surface area contributed by atoms with E-state index in [2.05, 4.69) is 0 Å². The lowest BCUT2D eigenvalue weighted by atomic mass is 10.1. The zero-order valence-electron chi connectivity index (χ0n) is 9.28. The van der Waals surface area contributed by atoms with Crippen LogP contribution in [0.2, 0.25) is 0 Å². The largest absolute Gasteiger partial charge is 0.375 e. The van der Waals surface area contributed by atoms with Gasteiger partial charge in [0.2, 0.25) is 0 Å². The lowest BCUT2D eigenvalue weighted by Crippen LogP contribution is -2.35. The fourth-order valence-electron chi connectivity index (χ4n) is 2.03. The fraction of sp³-hybridized carbons (Fsp3) is 0.800. The molecule has 4 atom stereocenters. The van der Waals surface area contributed by atoms with E-state index in [0.29, 0.717) is 0 Å². The molecule has 0 aromatic carbocycles. The molecule has 92 valence electrons. The molecular formula is C10H14ClFO4. The van der Waals surface area contributed by atoms with Crippen molar-refractivity contribution in [3.8, 4) is 0 Å². The maximum absolute atomic E-state index is 12.6. The van der Waals surface area contributed by atoms with E-state index in [1.165, 1.54) is 7.11 Å². The Morgan fingerprint density at radius 3 is 2.69 bits per heavy atom. The molecule has 0 spiro atoms. The Labute approximate surface area is 98.2 Å². The quantitative estimate of drug-likeness (QED) is 0.753. The van der Waals surface area contributed by atoms with Crippen molar-refractivity contribution in [2.24, 2.45) is 0 Å². The van der Waals surface area contributed by atoms with Gasteiger partial charge >= 0.3 is 0 Å². The molecule has 2 fully saturated rings. The summed E-state index contributed by atoms with van der Waals surface area (Å²) in [6, 6.07) is 0. The first-order chi connectivity index (χ1) is 7.43. The van der Waals surface area contributed by atoms with E-state index < -0.39 is 29.6 Å². The van der Waals surface area contributed by atoms with Crippen LogP contribution in [0.15, 0.2) is 11.4 Å². The molecule has 2 aliphatic heterocycles. The van der Waals surface area contributed by atoms with E-state index in [0.717, 1.165) is 6.08 Å². The highest BCUT2D eigenvalue weighted by atomic mass is 35.5. The summed E-state index contributed by atoms with van der Waals surface area (Å²) < 4.78 is 34.4. The predicted octanol–water partition coefficient (Wildman–Crippen LogP) is 1.93. The first-order valence-electron chi connectivity index (χ1n) is 4.99. The Morgan fingerprint density at radius 1 is 1.44 bits per heavy atom. The van der Waals surface area contributed by atoms with Gasteiger partial charge in [0.25, 0.3) is 0 Å². The van der Waals surface area contributed by atoms with Crippen molar-refractivity contribution in [3.05, 3.63) is 11.4 Å². The van der Waals surface area contributed by atoms with Gasteiger partial charge < -0.3 is 18.9 Å². The molecule has 0 aromatic rings. The second-order valence-electron chi connectivity index (χ2n) is 4.23. The molecule has 0 saturated carbocycles. The summed E-state index contributed by atoms with van der Waals surface area (Å²) in [7, 11) is 1.51. The lowest BCUT2D eigenvalue weighted by molar-refractivity contribution is -0.210. The Kier molecular flexibility index (Phi) is 3.25. The van der Waals surface area contributed by atoms with Gasteiger partial charge in [0.15, 0.2) is 17.4 Å². The Hall–Kier alpha value is -0.200. The number of hydrogen-bond acceptors (Lipinski definition) is 4. The molecule has 0 unspecified atom stereocenters. The molecule has 0 aliphatic carbocycles. The second kappa shape index (κ2) is 4.23. The summed E-state index contributed by atoms with van der Waals surface area (Å²) in [6.45, 7) is 3.57. The zero-order chi connectivity index (χ0) is 11.9. The van der Waals surface area contributed by atoms with Crippen LogP contribution in [-0.4, -0.2) is 37.5 Å². The zero-order valence-corrected chi connectivity index (χ0v) is 10.0. The Bertz CT molecular complexity index is 303. The molecule has 0 N–H and O–H groups in total. The molecule has 2 heterocycles. The number of rotatable bonds is 2. The minimum atomic E-state index is -0.828. The standard InChI is InChI=1S/C10H14ClFO4/c1-10(2)15-8-7(13-3)5(4-6(11)12)14-9(8)16-10/h4-5,7-9H,1-3H3/b6-4-/t5-,7+,8-,9-/m1/s1. The molecule has 16 heavy (non-hydrogen) atoms. The lowest BCUT2D eigenvalue weighted by Gasteiger charge is -2.23. The van der Waals surface area contributed by atoms with E-state index in [1.807, 2.05) is 0 Å². The van der Waals surface area contributed by atoms with Gasteiger partial charge in [-0.3, -0.25) is 0 Å². The highest BCUT2D eigenvalue weighted by molar-refractivity contribution is 6.28. The smallest absolute Gasteiger partial charge is 0.190 e. The molecule has 0 aromatic heterocycles. The average molecular weight is 253 g/mol. The van der Waals surface area contributed by atoms with Crippen LogP contribution in [0, 0.1) is 0 Å². The van der Waals surface area contributed by atoms with Gasteiger partial charge in [-0.05, 0) is 19.9 Å². The van der Waals surface area contributed by atoms with Gasteiger partial charge in [-0.2, -0.15) is 4.39 Å². The summed E-state index contributed by atoms with van der Waals surface area (Å²) in [5.74, 6) is -0.708. The van der Waals surface area contributed by atoms with Gasteiger partial charge in [-0.1, -0.05) is 11.6 Å². The van der Waals surface area contributed by atoms with Gasteiger partial charge in [-0.15, -0.1) is 0 Å². The molecular weight excluding hydrogens is 239 g/mol. The predicted molar refractivity (Wildman–Crippen MR) is 54.5 cm³/mol. The van der Waals surface area contributed by atoms with Crippen molar-refractivity contribution in [1.29, 1.82) is 0 Å². The minimum Gasteiger partial charge on any atom is -0.375 e. The van der Waals surface area contributed by atoms with Crippen LogP contribution in [0.4, 0.5) is 4.39 Å². The molecule has 0 bridgehead atoms. The average Bonchev–Trinajstić information content (AvgIpc) is 2.54. The number of hydrogen-bond donors (Lipinski definition) is 0. The molecule has 0 amide bonds. The van der Waals surface area contributed by atoms with Crippen LogP contribution in [0.25, 0.3) is 0 Å². The number of ether oxygens (including phenoxy) is 4. The highest BCUT2D eigenvalue weighted by Crippen LogP contribution is 2.39. The SMILES string of the molecule is CO[C@@H]1[C@H]2OC(C)(C)O[C@H]2O[C@@H]1/C=C(\F)Cl. The van der Waals surface area contributed by atoms with Crippen LogP contribution in [-0.2, 0) is 18.9 Å². The van der Waals surface area contributed by atoms with Gasteiger partial charge in [-0.25, -0.2) is 0 Å². The topological polar surface area (TPSA) is 36.9 Å². The Balaban J connectivity index is 2.13. The summed E-state index contributed by atoms with van der Waals surface area (Å²) in [5.41, 5.74) is 0. The first-order valence-corrected chi connectivity index (χ1v) is 5.37. The van der Waals surface area contributed by atoms with E-state index >= 15 is 0 Å². The monoisotopic (exact) mass is 252 g/mol. The molecule has 6 heteroatoms. The molecule has 0 radical (unpaired) electrons. The van der Waals surface area contributed by atoms with Crippen molar-refractivity contribution < 1.29 is 23.3 Å². The van der Waals surface area contributed by atoms with Crippen molar-refractivity contribution in [1.82, 2.24) is 0 Å². The van der Waals surface area contributed by atoms with Crippen molar-refractivity contribution >= 4 is 11.6 Å². The summed E-state index contributed by atoms with van der Waals surface area (Å²) in [5, 5.41) is -0.828. The van der Waals surface area contributed by atoms with E-state index in [-0.39, 0.29) is 6.10 Å². The van der Waals surface area contributed by atoms with Crippen molar-refractivity contribution in [3.63, 3.8) is 0 Å². The van der Waals surface area contributed by atoms with Gasteiger partial charge in [0.05, 0.1) is 0 Å². The summed E-state index contributed by atoms with van der Waals surface area (Å²) >= 11 is 5.17. The molecule has 2 saturated heterocycles. The van der Waals surface area contributed by atoms with Crippen LogP contribution < -0.4 is 0 Å². The molecule has 2 rings (SSSR count). The third-order valence-electron chi connectivity index (χ3n) is 2.59. The fourth-order valence-corrected chi connectivity index (χ4v) is 2.15. The van der Waals surface area contributed by atoms with E-state index in [1.54, 1.807) is 13.8 Å². The summed E-state index contributed by atoms with van der Waals surface area (Å²) in [4.78, 5) is 0. The van der Waals surface area contributed by atoms with Crippen LogP contribution >= 0.6 is 11.6 Å². The molecule has 4 nitrogen and oxygen atoms in total. The number of halogens is 2. The Morgan fingerprint density at radius 2 is 2.12 bits per heavy atom. The highest BCUT2D eigenvalue weighted by Gasteiger charge is 2.54. The third kappa shape index (κ3) is 2.24. The second-order valence-corrected chi connectivity index (χ2v) is 4.59. The normalized spacial score (nSPS) is 42.4. The van der Waals surface area contributed by atoms with Crippen LogP contribution in [0.3, 0.4) is 0 Å². The third-order valence-corrected chi connectivity index (χ3v) is 2.72. The van der Waals surface area contributed by atoms with Crippen LogP contribution in [0.5, 0.6) is 0 Å². The van der Waals surface area contributed by atoms with Crippen molar-refractivity contribution in [2.45, 2.75) is 44.2 Å². The summed E-state index contributed by atoms with van der Waals surface area (Å²) in [6.07, 6.45) is -0.771. The maximum Gasteiger partial charge on any atom is 0.190 e. The minimum absolute atomic E-state index is 0.364. The van der Waals surface area contributed by atoms with Crippen molar-refractivity contribution in [2.75, 3.05) is 7.11 Å². The first kappa shape index (κ1) is 12.3. The van der Waals surface area contributed by atoms with Gasteiger partial charge in [0, 0.05) is 7.11 Å². The van der Waals surface area contributed by atoms with Gasteiger partial charge in [0.1, 0.15) is 18.3 Å².